The first-order valence-electron chi connectivity index (χ1n) is 8.28. The molecule has 0 saturated carbocycles. The number of aromatic nitrogens is 1. The summed E-state index contributed by atoms with van der Waals surface area (Å²) in [7, 11) is 1.58. The third-order valence-electron chi connectivity index (χ3n) is 4.32. The van der Waals surface area contributed by atoms with Crippen molar-refractivity contribution in [3.05, 3.63) is 47.7 Å². The van der Waals surface area contributed by atoms with Crippen molar-refractivity contribution in [1.29, 1.82) is 0 Å². The van der Waals surface area contributed by atoms with E-state index in [-0.39, 0.29) is 11.8 Å². The van der Waals surface area contributed by atoms with Crippen LogP contribution in [-0.2, 0) is 4.79 Å². The molecule has 1 fully saturated rings. The monoisotopic (exact) mass is 339 g/mol. The number of nitrogens with one attached hydrogen (secondary N) is 2. The zero-order valence-electron chi connectivity index (χ0n) is 14.3. The molecule has 1 aromatic carbocycles. The minimum atomic E-state index is -0.464. The molecular formula is C19H21N3O3. The second-order valence-corrected chi connectivity index (χ2v) is 6.08. The fraction of sp³-hybridized carbons (Fsp3) is 0.316. The number of pyridine rings is 1. The normalized spacial score (nSPS) is 16.9. The standard InChI is InChI=1S/C19H21N3O3/c1-12-9-17(25-2)21-11-15(12)13-5-3-6-14(10-13)18(23)22-16-7-4-8-20-19(16)24/h3,5-6,9-11,16H,4,7-8H2,1-2H3,(H,20,24)(H,22,23). The topological polar surface area (TPSA) is 80.3 Å². The molecule has 0 radical (unpaired) electrons. The molecule has 6 heteroatoms. The van der Waals surface area contributed by atoms with E-state index in [0.717, 1.165) is 23.1 Å². The molecule has 0 spiro atoms. The second-order valence-electron chi connectivity index (χ2n) is 6.08. The van der Waals surface area contributed by atoms with Gasteiger partial charge in [0.25, 0.3) is 5.91 Å². The van der Waals surface area contributed by atoms with Gasteiger partial charge >= 0.3 is 0 Å². The van der Waals surface area contributed by atoms with E-state index in [0.29, 0.717) is 24.4 Å². The summed E-state index contributed by atoms with van der Waals surface area (Å²) in [6, 6.07) is 8.71. The predicted octanol–water partition coefficient (Wildman–Crippen LogP) is 2.07. The Bertz CT molecular complexity index is 804. The largest absolute Gasteiger partial charge is 0.481 e. The van der Waals surface area contributed by atoms with E-state index in [2.05, 4.69) is 15.6 Å². The lowest BCUT2D eigenvalue weighted by atomic mass is 10.00. The molecule has 1 unspecified atom stereocenters. The van der Waals surface area contributed by atoms with Crippen LogP contribution in [0, 0.1) is 6.92 Å². The lowest BCUT2D eigenvalue weighted by Crippen LogP contribution is -2.50. The summed E-state index contributed by atoms with van der Waals surface area (Å²) < 4.78 is 5.13. The zero-order chi connectivity index (χ0) is 17.8. The molecule has 1 saturated heterocycles. The van der Waals surface area contributed by atoms with E-state index in [1.54, 1.807) is 19.4 Å². The Labute approximate surface area is 146 Å². The highest BCUT2D eigenvalue weighted by Gasteiger charge is 2.24. The second kappa shape index (κ2) is 7.34. The lowest BCUT2D eigenvalue weighted by molar-refractivity contribution is -0.124. The average molecular weight is 339 g/mol. The fourth-order valence-corrected chi connectivity index (χ4v) is 2.92. The predicted molar refractivity (Wildman–Crippen MR) is 94.5 cm³/mol. The number of carbonyl (C=O) groups is 2. The Morgan fingerprint density at radius 3 is 2.92 bits per heavy atom. The Balaban J connectivity index is 1.81. The Morgan fingerprint density at radius 1 is 1.36 bits per heavy atom. The molecule has 2 heterocycles. The fourth-order valence-electron chi connectivity index (χ4n) is 2.92. The minimum Gasteiger partial charge on any atom is -0.481 e. The van der Waals surface area contributed by atoms with E-state index in [4.69, 9.17) is 4.74 Å². The molecule has 25 heavy (non-hydrogen) atoms. The maximum atomic E-state index is 12.5. The number of carbonyl (C=O) groups excluding carboxylic acids is 2. The van der Waals surface area contributed by atoms with Crippen LogP contribution in [0.25, 0.3) is 11.1 Å². The number of piperidine rings is 1. The number of ether oxygens (including phenoxy) is 1. The van der Waals surface area contributed by atoms with Gasteiger partial charge in [-0.1, -0.05) is 12.1 Å². The van der Waals surface area contributed by atoms with Gasteiger partial charge in [0, 0.05) is 29.9 Å². The molecule has 2 amide bonds. The van der Waals surface area contributed by atoms with Gasteiger partial charge in [-0.25, -0.2) is 4.98 Å². The number of methoxy groups -OCH3 is 1. The van der Waals surface area contributed by atoms with E-state index >= 15 is 0 Å². The zero-order valence-corrected chi connectivity index (χ0v) is 14.3. The Hall–Kier alpha value is -2.89. The highest BCUT2D eigenvalue weighted by atomic mass is 16.5. The molecule has 130 valence electrons. The van der Waals surface area contributed by atoms with Gasteiger partial charge in [0.05, 0.1) is 7.11 Å². The SMILES string of the molecule is COc1cc(C)c(-c2cccc(C(=O)NC3CCCNC3=O)c2)cn1. The summed E-state index contributed by atoms with van der Waals surface area (Å²) in [5.74, 6) is 0.187. The number of hydrogen-bond acceptors (Lipinski definition) is 4. The van der Waals surface area contributed by atoms with Crippen LogP contribution in [0.3, 0.4) is 0 Å². The van der Waals surface area contributed by atoms with Crippen LogP contribution in [0.15, 0.2) is 36.5 Å². The third kappa shape index (κ3) is 3.79. The van der Waals surface area contributed by atoms with Gasteiger partial charge in [-0.2, -0.15) is 0 Å². The molecule has 2 aromatic rings. The summed E-state index contributed by atoms with van der Waals surface area (Å²) in [5.41, 5.74) is 3.36. The summed E-state index contributed by atoms with van der Waals surface area (Å²) in [5, 5.41) is 5.58. The van der Waals surface area contributed by atoms with Crippen LogP contribution in [0.5, 0.6) is 5.88 Å². The van der Waals surface area contributed by atoms with E-state index < -0.39 is 6.04 Å². The molecule has 2 N–H and O–H groups in total. The molecular weight excluding hydrogens is 318 g/mol. The maximum Gasteiger partial charge on any atom is 0.251 e. The van der Waals surface area contributed by atoms with Gasteiger partial charge in [0.2, 0.25) is 11.8 Å². The Kier molecular flexibility index (Phi) is 4.97. The van der Waals surface area contributed by atoms with Gasteiger partial charge in [-0.3, -0.25) is 9.59 Å². The molecule has 0 bridgehead atoms. The minimum absolute atomic E-state index is 0.119. The van der Waals surface area contributed by atoms with Crippen LogP contribution in [-0.4, -0.2) is 36.5 Å². The summed E-state index contributed by atoms with van der Waals surface area (Å²) in [4.78, 5) is 28.5. The number of nitrogens with zero attached hydrogens (tertiary/aromatic N) is 1. The van der Waals surface area contributed by atoms with Crippen molar-refractivity contribution in [2.45, 2.75) is 25.8 Å². The quantitative estimate of drug-likeness (QED) is 0.894. The molecule has 0 aliphatic carbocycles. The van der Waals surface area contributed by atoms with Crippen molar-refractivity contribution < 1.29 is 14.3 Å². The number of aryl methyl sites for hydroxylation is 1. The molecule has 1 aromatic heterocycles. The number of amides is 2. The summed E-state index contributed by atoms with van der Waals surface area (Å²) in [6.45, 7) is 2.64. The first-order valence-corrected chi connectivity index (χ1v) is 8.28. The number of rotatable bonds is 4. The third-order valence-corrected chi connectivity index (χ3v) is 4.32. The van der Waals surface area contributed by atoms with Crippen LogP contribution in [0.1, 0.15) is 28.8 Å². The summed E-state index contributed by atoms with van der Waals surface area (Å²) >= 11 is 0. The van der Waals surface area contributed by atoms with Crippen LogP contribution in [0.2, 0.25) is 0 Å². The van der Waals surface area contributed by atoms with Gasteiger partial charge in [0.1, 0.15) is 6.04 Å². The Morgan fingerprint density at radius 2 is 2.20 bits per heavy atom. The van der Waals surface area contributed by atoms with E-state index in [1.807, 2.05) is 31.2 Å². The van der Waals surface area contributed by atoms with Crippen LogP contribution in [0.4, 0.5) is 0 Å². The molecule has 6 nitrogen and oxygen atoms in total. The van der Waals surface area contributed by atoms with Crippen LogP contribution >= 0.6 is 0 Å². The highest BCUT2D eigenvalue weighted by Crippen LogP contribution is 2.25. The van der Waals surface area contributed by atoms with Crippen molar-refractivity contribution in [3.63, 3.8) is 0 Å². The van der Waals surface area contributed by atoms with Crippen molar-refractivity contribution in [2.75, 3.05) is 13.7 Å². The number of hydrogen-bond donors (Lipinski definition) is 2. The smallest absolute Gasteiger partial charge is 0.251 e. The summed E-state index contributed by atoms with van der Waals surface area (Å²) in [6.07, 6.45) is 3.27. The molecule has 1 aliphatic rings. The number of benzene rings is 1. The van der Waals surface area contributed by atoms with Crippen molar-refractivity contribution in [2.24, 2.45) is 0 Å². The molecule has 3 rings (SSSR count). The van der Waals surface area contributed by atoms with Gasteiger partial charge in [-0.05, 0) is 43.0 Å². The van der Waals surface area contributed by atoms with E-state index in [1.165, 1.54) is 0 Å². The van der Waals surface area contributed by atoms with Gasteiger partial charge in [0.15, 0.2) is 0 Å². The first-order chi connectivity index (χ1) is 12.1. The first kappa shape index (κ1) is 17.0. The van der Waals surface area contributed by atoms with Gasteiger partial charge in [-0.15, -0.1) is 0 Å². The lowest BCUT2D eigenvalue weighted by Gasteiger charge is -2.22. The molecule has 1 aliphatic heterocycles. The van der Waals surface area contributed by atoms with E-state index in [9.17, 15) is 9.59 Å². The van der Waals surface area contributed by atoms with Crippen molar-refractivity contribution in [1.82, 2.24) is 15.6 Å². The van der Waals surface area contributed by atoms with Crippen LogP contribution < -0.4 is 15.4 Å². The van der Waals surface area contributed by atoms with Gasteiger partial charge < -0.3 is 15.4 Å². The highest BCUT2D eigenvalue weighted by molar-refractivity contribution is 5.98. The van der Waals surface area contributed by atoms with Crippen molar-refractivity contribution >= 4 is 11.8 Å². The maximum absolute atomic E-state index is 12.5. The van der Waals surface area contributed by atoms with Crippen molar-refractivity contribution in [3.8, 4) is 17.0 Å². The molecule has 1 atom stereocenters. The average Bonchev–Trinajstić information content (AvgIpc) is 2.63.